The molecule has 1 atom stereocenters. The summed E-state index contributed by atoms with van der Waals surface area (Å²) in [6.07, 6.45) is 1.18. The second kappa shape index (κ2) is 4.99. The molecule has 0 spiro atoms. The normalized spacial score (nSPS) is 19.4. The van der Waals surface area contributed by atoms with Gasteiger partial charge in [-0.1, -0.05) is 12.1 Å². The highest BCUT2D eigenvalue weighted by Gasteiger charge is 2.24. The molecule has 2 nitrogen and oxygen atoms in total. The van der Waals surface area contributed by atoms with Gasteiger partial charge in [0.1, 0.15) is 0 Å². The molecule has 0 bridgehead atoms. The van der Waals surface area contributed by atoms with Gasteiger partial charge in [-0.3, -0.25) is 4.90 Å². The average Bonchev–Trinajstić information content (AvgIpc) is 2.86. The zero-order valence-corrected chi connectivity index (χ0v) is 12.3. The van der Waals surface area contributed by atoms with E-state index < -0.39 is 0 Å². The molecule has 0 radical (unpaired) electrons. The van der Waals surface area contributed by atoms with Gasteiger partial charge in [0.25, 0.3) is 0 Å². The van der Waals surface area contributed by atoms with E-state index in [2.05, 4.69) is 48.4 Å². The summed E-state index contributed by atoms with van der Waals surface area (Å²) < 4.78 is 0. The summed E-state index contributed by atoms with van der Waals surface area (Å²) in [6, 6.07) is 9.22. The van der Waals surface area contributed by atoms with Gasteiger partial charge < -0.3 is 5.73 Å². The van der Waals surface area contributed by atoms with Gasteiger partial charge >= 0.3 is 0 Å². The Morgan fingerprint density at radius 1 is 1.37 bits per heavy atom. The van der Waals surface area contributed by atoms with E-state index >= 15 is 0 Å². The lowest BCUT2D eigenvalue weighted by molar-refractivity contribution is 0.191. The number of nitrogen functional groups attached to an aromatic ring is 1. The van der Waals surface area contributed by atoms with Crippen molar-refractivity contribution >= 4 is 17.0 Å². The van der Waals surface area contributed by atoms with Crippen molar-refractivity contribution in [3.8, 4) is 0 Å². The first kappa shape index (κ1) is 12.7. The van der Waals surface area contributed by atoms with Crippen molar-refractivity contribution in [1.82, 2.24) is 4.90 Å². The maximum Gasteiger partial charge on any atom is 0.0346 e. The summed E-state index contributed by atoms with van der Waals surface area (Å²) in [5.74, 6) is 0. The number of rotatable bonds is 2. The molecule has 3 heteroatoms. The number of hydrogen-bond acceptors (Lipinski definition) is 3. The molecular formula is C16H20N2S. The van der Waals surface area contributed by atoms with Crippen LogP contribution in [0.3, 0.4) is 0 Å². The van der Waals surface area contributed by atoms with Crippen LogP contribution in [0.25, 0.3) is 0 Å². The van der Waals surface area contributed by atoms with E-state index in [1.54, 1.807) is 4.88 Å². The molecule has 1 aliphatic rings. The molecule has 3 rings (SSSR count). The van der Waals surface area contributed by atoms with Crippen LogP contribution in [-0.4, -0.2) is 11.4 Å². The topological polar surface area (TPSA) is 29.3 Å². The van der Waals surface area contributed by atoms with E-state index in [-0.39, 0.29) is 0 Å². The predicted molar refractivity (Wildman–Crippen MR) is 82.4 cm³/mol. The fourth-order valence-electron chi connectivity index (χ4n) is 2.80. The monoisotopic (exact) mass is 272 g/mol. The summed E-state index contributed by atoms with van der Waals surface area (Å²) in [6.45, 7) is 6.49. The molecule has 1 aliphatic heterocycles. The van der Waals surface area contributed by atoms with Gasteiger partial charge in [0.05, 0.1) is 0 Å². The minimum atomic E-state index is 0.512. The van der Waals surface area contributed by atoms with Crippen molar-refractivity contribution in [2.24, 2.45) is 0 Å². The molecule has 1 aromatic carbocycles. The van der Waals surface area contributed by atoms with Gasteiger partial charge in [0.2, 0.25) is 0 Å². The van der Waals surface area contributed by atoms with Crippen molar-refractivity contribution in [3.05, 3.63) is 51.2 Å². The highest BCUT2D eigenvalue weighted by molar-refractivity contribution is 7.10. The van der Waals surface area contributed by atoms with Crippen LogP contribution in [0.2, 0.25) is 0 Å². The van der Waals surface area contributed by atoms with Gasteiger partial charge in [0.15, 0.2) is 0 Å². The van der Waals surface area contributed by atoms with Crippen molar-refractivity contribution in [2.75, 3.05) is 12.3 Å². The molecule has 2 N–H and O–H groups in total. The molecule has 19 heavy (non-hydrogen) atoms. The quantitative estimate of drug-likeness (QED) is 0.843. The zero-order valence-electron chi connectivity index (χ0n) is 11.5. The van der Waals surface area contributed by atoms with Crippen LogP contribution in [0, 0.1) is 6.92 Å². The molecule has 1 aromatic heterocycles. The minimum Gasteiger partial charge on any atom is -0.399 e. The highest BCUT2D eigenvalue weighted by atomic mass is 32.1. The summed E-state index contributed by atoms with van der Waals surface area (Å²) in [7, 11) is 0. The number of nitrogens with zero attached hydrogens (tertiary/aromatic N) is 1. The van der Waals surface area contributed by atoms with E-state index in [1.165, 1.54) is 17.5 Å². The molecule has 1 unspecified atom stereocenters. The average molecular weight is 272 g/mol. The maximum atomic E-state index is 6.00. The zero-order chi connectivity index (χ0) is 13.4. The van der Waals surface area contributed by atoms with Crippen LogP contribution in [0.5, 0.6) is 0 Å². The predicted octanol–water partition coefficient (Wildman–Crippen LogP) is 3.76. The Bertz CT molecular complexity index is 588. The number of anilines is 1. The largest absolute Gasteiger partial charge is 0.399 e. The third-order valence-electron chi connectivity index (χ3n) is 4.13. The fourth-order valence-corrected chi connectivity index (χ4v) is 3.76. The lowest BCUT2D eigenvalue weighted by Gasteiger charge is -2.33. The van der Waals surface area contributed by atoms with E-state index in [0.717, 1.165) is 24.3 Å². The molecular weight excluding hydrogens is 252 g/mol. The number of aryl methyl sites for hydroxylation is 1. The van der Waals surface area contributed by atoms with Crippen LogP contribution in [0.15, 0.2) is 29.6 Å². The van der Waals surface area contributed by atoms with Gasteiger partial charge in [-0.25, -0.2) is 0 Å². The first-order chi connectivity index (χ1) is 9.15. The maximum absolute atomic E-state index is 6.00. The standard InChI is InChI=1S/C16H20N2S/c1-11-3-4-13(9-15(11)17)10-18-7-5-16-14(12(18)2)6-8-19-16/h3-4,6,8-9,12H,5,7,10,17H2,1-2H3. The second-order valence-corrected chi connectivity index (χ2v) is 6.39. The molecule has 0 aliphatic carbocycles. The first-order valence-electron chi connectivity index (χ1n) is 6.80. The Kier molecular flexibility index (Phi) is 3.33. The molecule has 0 fully saturated rings. The molecule has 0 saturated heterocycles. The smallest absolute Gasteiger partial charge is 0.0346 e. The van der Waals surface area contributed by atoms with Gasteiger partial charge in [-0.2, -0.15) is 0 Å². The van der Waals surface area contributed by atoms with Crippen LogP contribution >= 0.6 is 11.3 Å². The van der Waals surface area contributed by atoms with Gasteiger partial charge in [-0.05, 0) is 54.5 Å². The first-order valence-corrected chi connectivity index (χ1v) is 7.68. The van der Waals surface area contributed by atoms with Crippen molar-refractivity contribution < 1.29 is 0 Å². The van der Waals surface area contributed by atoms with Gasteiger partial charge in [-0.15, -0.1) is 11.3 Å². The van der Waals surface area contributed by atoms with Crippen LogP contribution in [0.1, 0.15) is 34.5 Å². The highest BCUT2D eigenvalue weighted by Crippen LogP contribution is 2.33. The van der Waals surface area contributed by atoms with Crippen molar-refractivity contribution in [2.45, 2.75) is 32.9 Å². The molecule has 100 valence electrons. The molecule has 2 heterocycles. The number of nitrogens with two attached hydrogens (primary N) is 1. The SMILES string of the molecule is Cc1ccc(CN2CCc3sccc3C2C)cc1N. The summed E-state index contributed by atoms with van der Waals surface area (Å²) in [4.78, 5) is 4.10. The van der Waals surface area contributed by atoms with Crippen molar-refractivity contribution in [1.29, 1.82) is 0 Å². The third kappa shape index (κ3) is 2.40. The van der Waals surface area contributed by atoms with Gasteiger partial charge in [0, 0.05) is 29.7 Å². The lowest BCUT2D eigenvalue weighted by Crippen LogP contribution is -2.32. The molecule has 0 amide bonds. The summed E-state index contributed by atoms with van der Waals surface area (Å²) in [5, 5.41) is 2.22. The van der Waals surface area contributed by atoms with E-state index in [4.69, 9.17) is 5.73 Å². The third-order valence-corrected chi connectivity index (χ3v) is 5.13. The number of fused-ring (bicyclic) bond motifs is 1. The van der Waals surface area contributed by atoms with E-state index in [0.29, 0.717) is 6.04 Å². The Labute approximate surface area is 118 Å². The van der Waals surface area contributed by atoms with E-state index in [1.807, 2.05) is 11.3 Å². The Morgan fingerprint density at radius 2 is 2.21 bits per heavy atom. The summed E-state index contributed by atoms with van der Waals surface area (Å²) in [5.41, 5.74) is 10.9. The van der Waals surface area contributed by atoms with Crippen LogP contribution in [0.4, 0.5) is 5.69 Å². The fraction of sp³-hybridized carbons (Fsp3) is 0.375. The second-order valence-electron chi connectivity index (χ2n) is 5.39. The Balaban J connectivity index is 1.79. The number of thiophene rings is 1. The number of benzene rings is 1. The Hall–Kier alpha value is -1.32. The van der Waals surface area contributed by atoms with Crippen LogP contribution in [-0.2, 0) is 13.0 Å². The molecule has 0 saturated carbocycles. The minimum absolute atomic E-state index is 0.512. The lowest BCUT2D eigenvalue weighted by atomic mass is 10.0. The van der Waals surface area contributed by atoms with Crippen LogP contribution < -0.4 is 5.73 Å². The Morgan fingerprint density at radius 3 is 3.00 bits per heavy atom. The molecule has 2 aromatic rings. The number of hydrogen-bond donors (Lipinski definition) is 1. The summed E-state index contributed by atoms with van der Waals surface area (Å²) >= 11 is 1.90. The van der Waals surface area contributed by atoms with Crippen molar-refractivity contribution in [3.63, 3.8) is 0 Å². The van der Waals surface area contributed by atoms with E-state index in [9.17, 15) is 0 Å².